The van der Waals surface area contributed by atoms with E-state index in [1.165, 1.54) is 6.26 Å². The molecular weight excluding hydrogens is 322 g/mol. The molecule has 0 saturated heterocycles. The summed E-state index contributed by atoms with van der Waals surface area (Å²) in [5.41, 5.74) is 2.44. The molecule has 0 N–H and O–H groups in total. The average Bonchev–Trinajstić information content (AvgIpc) is 3.04. The lowest BCUT2D eigenvalue weighted by Gasteiger charge is -2.03. The van der Waals surface area contributed by atoms with E-state index in [4.69, 9.17) is 4.42 Å². The fourth-order valence-corrected chi connectivity index (χ4v) is 3.84. The molecule has 0 bridgehead atoms. The van der Waals surface area contributed by atoms with Gasteiger partial charge in [0, 0.05) is 5.56 Å². The number of sulfone groups is 1. The van der Waals surface area contributed by atoms with Gasteiger partial charge in [0.05, 0.1) is 17.2 Å². The quantitative estimate of drug-likeness (QED) is 0.654. The van der Waals surface area contributed by atoms with E-state index in [0.29, 0.717) is 18.0 Å². The van der Waals surface area contributed by atoms with Crippen molar-refractivity contribution in [2.75, 3.05) is 5.75 Å². The zero-order chi connectivity index (χ0) is 16.8. The van der Waals surface area contributed by atoms with Crippen LogP contribution in [0.1, 0.15) is 17.7 Å². The maximum Gasteiger partial charge on any atom is 0.226 e. The van der Waals surface area contributed by atoms with E-state index in [-0.39, 0.29) is 11.5 Å². The average molecular weight is 341 g/mol. The second-order valence-electron chi connectivity index (χ2n) is 5.69. The number of oxazole rings is 1. The summed E-state index contributed by atoms with van der Waals surface area (Å²) < 4.78 is 29.9. The molecule has 2 aromatic carbocycles. The Bertz CT molecular complexity index is 871. The van der Waals surface area contributed by atoms with Crippen molar-refractivity contribution >= 4 is 9.84 Å². The van der Waals surface area contributed by atoms with Gasteiger partial charge in [-0.15, -0.1) is 0 Å². The Morgan fingerprint density at radius 2 is 1.58 bits per heavy atom. The van der Waals surface area contributed by atoms with E-state index in [0.717, 1.165) is 17.5 Å². The second-order valence-corrected chi connectivity index (χ2v) is 7.88. The van der Waals surface area contributed by atoms with Gasteiger partial charge in [-0.2, -0.15) is 0 Å². The Hall–Kier alpha value is -2.40. The third kappa shape index (κ3) is 4.55. The van der Waals surface area contributed by atoms with Crippen LogP contribution in [0.4, 0.5) is 0 Å². The van der Waals surface area contributed by atoms with Crippen LogP contribution < -0.4 is 0 Å². The van der Waals surface area contributed by atoms with Crippen molar-refractivity contribution < 1.29 is 12.8 Å². The van der Waals surface area contributed by atoms with Gasteiger partial charge >= 0.3 is 0 Å². The molecular formula is C19H19NO3S. The number of aromatic nitrogens is 1. The SMILES string of the molecule is O=S(=O)(CCCc1ccccc1)Cc1coc(-c2ccccc2)n1. The van der Waals surface area contributed by atoms with Crippen molar-refractivity contribution in [3.63, 3.8) is 0 Å². The van der Waals surface area contributed by atoms with Crippen LogP contribution in [0, 0.1) is 0 Å². The van der Waals surface area contributed by atoms with Crippen LogP contribution >= 0.6 is 0 Å². The lowest BCUT2D eigenvalue weighted by molar-refractivity contribution is 0.571. The molecule has 124 valence electrons. The Labute approximate surface area is 142 Å². The van der Waals surface area contributed by atoms with Crippen LogP contribution in [0.15, 0.2) is 71.3 Å². The van der Waals surface area contributed by atoms with Gasteiger partial charge in [0.2, 0.25) is 5.89 Å². The summed E-state index contributed by atoms with van der Waals surface area (Å²) in [6.07, 6.45) is 2.79. The molecule has 1 heterocycles. The van der Waals surface area contributed by atoms with Gasteiger partial charge in [0.25, 0.3) is 0 Å². The second kappa shape index (κ2) is 7.45. The van der Waals surface area contributed by atoms with Crippen LogP contribution in [-0.2, 0) is 22.0 Å². The Balaban J connectivity index is 1.58. The standard InChI is InChI=1S/C19H19NO3S/c21-24(22,13-7-10-16-8-3-1-4-9-16)15-18-14-23-19(20-18)17-11-5-2-6-12-17/h1-6,8-9,11-12,14H,7,10,13,15H2. The summed E-state index contributed by atoms with van der Waals surface area (Å²) >= 11 is 0. The zero-order valence-corrected chi connectivity index (χ0v) is 14.1. The van der Waals surface area contributed by atoms with Crippen molar-refractivity contribution in [1.82, 2.24) is 4.98 Å². The summed E-state index contributed by atoms with van der Waals surface area (Å²) in [4.78, 5) is 4.29. The van der Waals surface area contributed by atoms with Gasteiger partial charge in [-0.05, 0) is 30.5 Å². The van der Waals surface area contributed by atoms with Crippen LogP contribution in [-0.4, -0.2) is 19.2 Å². The lowest BCUT2D eigenvalue weighted by Crippen LogP contribution is -2.10. The molecule has 4 nitrogen and oxygen atoms in total. The van der Waals surface area contributed by atoms with E-state index in [1.807, 2.05) is 60.7 Å². The molecule has 0 amide bonds. The molecule has 3 rings (SSSR count). The molecule has 0 radical (unpaired) electrons. The molecule has 0 spiro atoms. The minimum absolute atomic E-state index is 0.0852. The van der Waals surface area contributed by atoms with Gasteiger partial charge < -0.3 is 4.42 Å². The predicted octanol–water partition coefficient (Wildman–Crippen LogP) is 3.89. The van der Waals surface area contributed by atoms with Gasteiger partial charge in [0.1, 0.15) is 6.26 Å². The third-order valence-corrected chi connectivity index (χ3v) is 5.35. The highest BCUT2D eigenvalue weighted by molar-refractivity contribution is 7.90. The minimum Gasteiger partial charge on any atom is -0.444 e. The molecule has 0 aliphatic carbocycles. The van der Waals surface area contributed by atoms with Crippen molar-refractivity contribution in [3.8, 4) is 11.5 Å². The topological polar surface area (TPSA) is 60.2 Å². The fourth-order valence-electron chi connectivity index (χ4n) is 2.52. The molecule has 24 heavy (non-hydrogen) atoms. The first-order valence-corrected chi connectivity index (χ1v) is 9.69. The maximum atomic E-state index is 12.3. The maximum absolute atomic E-state index is 12.3. The predicted molar refractivity (Wildman–Crippen MR) is 94.2 cm³/mol. The van der Waals surface area contributed by atoms with Gasteiger partial charge in [-0.3, -0.25) is 0 Å². The van der Waals surface area contributed by atoms with E-state index in [1.54, 1.807) is 0 Å². The summed E-state index contributed by atoms with van der Waals surface area (Å²) in [5.74, 6) is 0.512. The number of hydrogen-bond acceptors (Lipinski definition) is 4. The lowest BCUT2D eigenvalue weighted by atomic mass is 10.1. The van der Waals surface area contributed by atoms with E-state index in [2.05, 4.69) is 4.98 Å². The smallest absolute Gasteiger partial charge is 0.226 e. The van der Waals surface area contributed by atoms with Crippen molar-refractivity contribution in [3.05, 3.63) is 78.2 Å². The molecule has 1 aromatic heterocycles. The molecule has 0 aliphatic rings. The summed E-state index contributed by atoms with van der Waals surface area (Å²) in [6, 6.07) is 19.3. The summed E-state index contributed by atoms with van der Waals surface area (Å²) in [7, 11) is -3.20. The van der Waals surface area contributed by atoms with Gasteiger partial charge in [0.15, 0.2) is 9.84 Å². The summed E-state index contributed by atoms with van der Waals surface area (Å²) in [5, 5.41) is 0. The third-order valence-electron chi connectivity index (χ3n) is 3.70. The van der Waals surface area contributed by atoms with E-state index >= 15 is 0 Å². The highest BCUT2D eigenvalue weighted by Gasteiger charge is 2.15. The van der Waals surface area contributed by atoms with Crippen LogP contribution in [0.2, 0.25) is 0 Å². The normalized spacial score (nSPS) is 11.5. The van der Waals surface area contributed by atoms with Crippen LogP contribution in [0.3, 0.4) is 0 Å². The minimum atomic E-state index is -3.20. The molecule has 0 unspecified atom stereocenters. The van der Waals surface area contributed by atoms with Crippen molar-refractivity contribution in [1.29, 1.82) is 0 Å². The first-order chi connectivity index (χ1) is 11.6. The summed E-state index contributed by atoms with van der Waals surface area (Å²) in [6.45, 7) is 0. The number of rotatable bonds is 7. The highest BCUT2D eigenvalue weighted by atomic mass is 32.2. The van der Waals surface area contributed by atoms with Crippen molar-refractivity contribution in [2.24, 2.45) is 0 Å². The monoisotopic (exact) mass is 341 g/mol. The Morgan fingerprint density at radius 1 is 0.917 bits per heavy atom. The highest BCUT2D eigenvalue weighted by Crippen LogP contribution is 2.19. The fraction of sp³-hybridized carbons (Fsp3) is 0.211. The Morgan fingerprint density at radius 3 is 2.29 bits per heavy atom. The Kier molecular flexibility index (Phi) is 5.11. The first-order valence-electron chi connectivity index (χ1n) is 7.86. The number of nitrogens with zero attached hydrogens (tertiary/aromatic N) is 1. The van der Waals surface area contributed by atoms with Crippen LogP contribution in [0.25, 0.3) is 11.5 Å². The molecule has 0 atom stereocenters. The zero-order valence-electron chi connectivity index (χ0n) is 13.3. The first kappa shape index (κ1) is 16.5. The molecule has 0 aliphatic heterocycles. The number of aryl methyl sites for hydroxylation is 1. The van der Waals surface area contributed by atoms with Crippen molar-refractivity contribution in [2.45, 2.75) is 18.6 Å². The number of hydrogen-bond donors (Lipinski definition) is 0. The molecule has 5 heteroatoms. The molecule has 0 fully saturated rings. The molecule has 0 saturated carbocycles. The van der Waals surface area contributed by atoms with E-state index in [9.17, 15) is 8.42 Å². The van der Waals surface area contributed by atoms with Crippen LogP contribution in [0.5, 0.6) is 0 Å². The molecule has 3 aromatic rings. The van der Waals surface area contributed by atoms with Gasteiger partial charge in [-0.1, -0.05) is 48.5 Å². The number of benzene rings is 2. The van der Waals surface area contributed by atoms with E-state index < -0.39 is 9.84 Å². The van der Waals surface area contributed by atoms with Gasteiger partial charge in [-0.25, -0.2) is 13.4 Å². The largest absolute Gasteiger partial charge is 0.444 e.